The molecule has 0 radical (unpaired) electrons. The minimum absolute atomic E-state index is 0.132. The van der Waals surface area contributed by atoms with E-state index in [4.69, 9.17) is 5.11 Å². The number of hydrogen-bond acceptors (Lipinski definition) is 5. The maximum Gasteiger partial charge on any atom is 0.407 e. The smallest absolute Gasteiger partial charge is 0.407 e. The summed E-state index contributed by atoms with van der Waals surface area (Å²) in [5, 5.41) is 27.6. The number of likely N-dealkylation sites (N-methyl/N-ethyl adjacent to an activating group) is 1. The Morgan fingerprint density at radius 3 is 2.42 bits per heavy atom. The van der Waals surface area contributed by atoms with Crippen molar-refractivity contribution in [1.29, 1.82) is 0 Å². The van der Waals surface area contributed by atoms with Gasteiger partial charge in [-0.25, -0.2) is 4.79 Å². The minimum Gasteiger partial charge on any atom is -0.504 e. The van der Waals surface area contributed by atoms with E-state index in [0.29, 0.717) is 25.9 Å². The van der Waals surface area contributed by atoms with Crippen molar-refractivity contribution < 1.29 is 29.7 Å². The van der Waals surface area contributed by atoms with Crippen molar-refractivity contribution in [2.24, 2.45) is 5.92 Å². The van der Waals surface area contributed by atoms with Crippen LogP contribution in [0, 0.1) is 5.92 Å². The van der Waals surface area contributed by atoms with E-state index in [1.807, 2.05) is 0 Å². The van der Waals surface area contributed by atoms with E-state index in [1.54, 1.807) is 6.08 Å². The van der Waals surface area contributed by atoms with Crippen LogP contribution in [0.1, 0.15) is 23.2 Å². The SMILES string of the molecule is CN(CC(=O)c1ccc(O)c(O)c1)C(=O)C=CC1CCN(C(=O)O)CC1. The van der Waals surface area contributed by atoms with Gasteiger partial charge in [0, 0.05) is 25.7 Å². The van der Waals surface area contributed by atoms with Crippen molar-refractivity contribution >= 4 is 17.8 Å². The fraction of sp³-hybridized carbons (Fsp3) is 0.389. The van der Waals surface area contributed by atoms with Gasteiger partial charge < -0.3 is 25.1 Å². The van der Waals surface area contributed by atoms with Crippen molar-refractivity contribution in [2.45, 2.75) is 12.8 Å². The van der Waals surface area contributed by atoms with Crippen molar-refractivity contribution in [1.82, 2.24) is 9.80 Å². The molecular formula is C18H22N2O6. The Kier molecular flexibility index (Phi) is 6.21. The molecule has 0 spiro atoms. The second-order valence-corrected chi connectivity index (χ2v) is 6.29. The van der Waals surface area contributed by atoms with Gasteiger partial charge in [0.15, 0.2) is 17.3 Å². The van der Waals surface area contributed by atoms with Gasteiger partial charge in [-0.1, -0.05) is 6.08 Å². The van der Waals surface area contributed by atoms with E-state index < -0.39 is 11.8 Å². The zero-order valence-electron chi connectivity index (χ0n) is 14.5. The van der Waals surface area contributed by atoms with Gasteiger partial charge in [0.1, 0.15) is 0 Å². The van der Waals surface area contributed by atoms with E-state index in [-0.39, 0.29) is 35.5 Å². The maximum atomic E-state index is 12.2. The summed E-state index contributed by atoms with van der Waals surface area (Å²) in [5.74, 6) is -1.27. The minimum atomic E-state index is -0.929. The predicted octanol–water partition coefficient (Wildman–Crippen LogP) is 1.69. The van der Waals surface area contributed by atoms with Crippen molar-refractivity contribution in [2.75, 3.05) is 26.7 Å². The summed E-state index contributed by atoms with van der Waals surface area (Å²) in [6.45, 7) is 0.721. The van der Waals surface area contributed by atoms with Crippen LogP contribution in [-0.4, -0.2) is 69.6 Å². The number of phenolic OH excluding ortho intramolecular Hbond substituents is 2. The number of Topliss-reactive ketones (excluding diaryl/α,β-unsaturated/α-hetero) is 1. The molecule has 1 aliphatic rings. The summed E-state index contributed by atoms with van der Waals surface area (Å²) in [4.78, 5) is 37.8. The Hall–Kier alpha value is -3.03. The number of aromatic hydroxyl groups is 2. The van der Waals surface area contributed by atoms with E-state index in [0.717, 1.165) is 6.07 Å². The third kappa shape index (κ3) is 4.98. The van der Waals surface area contributed by atoms with Crippen LogP contribution in [0.2, 0.25) is 0 Å². The number of benzene rings is 1. The Morgan fingerprint density at radius 1 is 1.19 bits per heavy atom. The number of carboxylic acid groups (broad SMARTS) is 1. The number of piperidine rings is 1. The quantitative estimate of drug-likeness (QED) is 0.417. The van der Waals surface area contributed by atoms with Crippen LogP contribution in [0.3, 0.4) is 0 Å². The molecule has 1 aromatic rings. The van der Waals surface area contributed by atoms with Gasteiger partial charge in [-0.2, -0.15) is 0 Å². The van der Waals surface area contributed by atoms with Crippen LogP contribution < -0.4 is 0 Å². The lowest BCUT2D eigenvalue weighted by Crippen LogP contribution is -2.37. The second-order valence-electron chi connectivity index (χ2n) is 6.29. The van der Waals surface area contributed by atoms with Crippen LogP contribution >= 0.6 is 0 Å². The summed E-state index contributed by atoms with van der Waals surface area (Å²) in [6.07, 6.45) is 3.55. The molecule has 0 atom stereocenters. The van der Waals surface area contributed by atoms with Gasteiger partial charge in [0.2, 0.25) is 5.91 Å². The summed E-state index contributed by atoms with van der Waals surface area (Å²) < 4.78 is 0. The van der Waals surface area contributed by atoms with Crippen molar-refractivity contribution in [3.05, 3.63) is 35.9 Å². The zero-order valence-corrected chi connectivity index (χ0v) is 14.5. The lowest BCUT2D eigenvalue weighted by molar-refractivity contribution is -0.124. The van der Waals surface area contributed by atoms with Crippen LogP contribution in [-0.2, 0) is 4.79 Å². The molecule has 2 amide bonds. The molecule has 1 aromatic carbocycles. The van der Waals surface area contributed by atoms with Crippen molar-refractivity contribution in [3.8, 4) is 11.5 Å². The lowest BCUT2D eigenvalue weighted by Gasteiger charge is -2.28. The second kappa shape index (κ2) is 8.37. The Morgan fingerprint density at radius 2 is 1.85 bits per heavy atom. The lowest BCUT2D eigenvalue weighted by atomic mass is 9.96. The van der Waals surface area contributed by atoms with E-state index in [2.05, 4.69) is 0 Å². The molecule has 8 heteroatoms. The number of rotatable bonds is 5. The number of likely N-dealkylation sites (tertiary alicyclic amines) is 1. The van der Waals surface area contributed by atoms with Gasteiger partial charge in [0.05, 0.1) is 6.54 Å². The number of carbonyl (C=O) groups is 3. The molecule has 1 heterocycles. The first-order valence-electron chi connectivity index (χ1n) is 8.24. The third-order valence-corrected chi connectivity index (χ3v) is 4.38. The van der Waals surface area contributed by atoms with E-state index in [1.165, 1.54) is 35.1 Å². The molecule has 0 bridgehead atoms. The molecule has 1 saturated heterocycles. The molecule has 140 valence electrons. The molecular weight excluding hydrogens is 340 g/mol. The maximum absolute atomic E-state index is 12.2. The Bertz CT molecular complexity index is 722. The predicted molar refractivity (Wildman–Crippen MR) is 93.2 cm³/mol. The zero-order chi connectivity index (χ0) is 19.3. The number of amides is 2. The van der Waals surface area contributed by atoms with Crippen LogP contribution in [0.15, 0.2) is 30.4 Å². The Labute approximate surface area is 151 Å². The molecule has 0 unspecified atom stereocenters. The highest BCUT2D eigenvalue weighted by Gasteiger charge is 2.21. The number of ketones is 1. The number of carbonyl (C=O) groups excluding carboxylic acids is 2. The standard InChI is InChI=1S/C18H22N2O6/c1-19(11-16(23)13-3-4-14(21)15(22)10-13)17(24)5-2-12-6-8-20(9-7-12)18(25)26/h2-5,10,12,21-22H,6-9,11H2,1H3,(H,25,26). The number of nitrogens with zero attached hydrogens (tertiary/aromatic N) is 2. The summed E-state index contributed by atoms with van der Waals surface area (Å²) in [5.41, 5.74) is 0.199. The van der Waals surface area contributed by atoms with Gasteiger partial charge in [-0.15, -0.1) is 0 Å². The van der Waals surface area contributed by atoms with Crippen LogP contribution in [0.4, 0.5) is 4.79 Å². The number of phenols is 2. The average molecular weight is 362 g/mol. The first-order chi connectivity index (χ1) is 12.3. The van der Waals surface area contributed by atoms with Gasteiger partial charge in [-0.05, 0) is 43.0 Å². The van der Waals surface area contributed by atoms with Crippen LogP contribution in [0.5, 0.6) is 11.5 Å². The normalized spacial score (nSPS) is 15.2. The fourth-order valence-electron chi connectivity index (χ4n) is 2.71. The van der Waals surface area contributed by atoms with Gasteiger partial charge >= 0.3 is 6.09 Å². The number of hydrogen-bond donors (Lipinski definition) is 3. The largest absolute Gasteiger partial charge is 0.504 e. The van der Waals surface area contributed by atoms with Crippen LogP contribution in [0.25, 0.3) is 0 Å². The highest BCUT2D eigenvalue weighted by atomic mass is 16.4. The summed E-state index contributed by atoms with van der Waals surface area (Å²) in [6, 6.07) is 3.75. The first-order valence-corrected chi connectivity index (χ1v) is 8.24. The van der Waals surface area contributed by atoms with E-state index in [9.17, 15) is 24.6 Å². The molecule has 3 N–H and O–H groups in total. The molecule has 2 rings (SSSR count). The first kappa shape index (κ1) is 19.3. The van der Waals surface area contributed by atoms with Crippen molar-refractivity contribution in [3.63, 3.8) is 0 Å². The highest BCUT2D eigenvalue weighted by molar-refractivity contribution is 6.00. The molecule has 0 aliphatic carbocycles. The molecule has 0 aromatic heterocycles. The molecule has 26 heavy (non-hydrogen) atoms. The third-order valence-electron chi connectivity index (χ3n) is 4.38. The highest BCUT2D eigenvalue weighted by Crippen LogP contribution is 2.25. The molecule has 1 aliphatic heterocycles. The molecule has 0 saturated carbocycles. The van der Waals surface area contributed by atoms with E-state index >= 15 is 0 Å². The number of allylic oxidation sites excluding steroid dienone is 1. The Balaban J connectivity index is 1.86. The average Bonchev–Trinajstić information content (AvgIpc) is 2.62. The monoisotopic (exact) mass is 362 g/mol. The summed E-state index contributed by atoms with van der Waals surface area (Å²) in [7, 11) is 1.50. The molecule has 8 nitrogen and oxygen atoms in total. The fourth-order valence-corrected chi connectivity index (χ4v) is 2.71. The van der Waals surface area contributed by atoms with Gasteiger partial charge in [-0.3, -0.25) is 9.59 Å². The molecule has 1 fully saturated rings. The summed E-state index contributed by atoms with van der Waals surface area (Å²) >= 11 is 0. The topological polar surface area (TPSA) is 118 Å². The van der Waals surface area contributed by atoms with Gasteiger partial charge in [0.25, 0.3) is 0 Å².